The average molecular weight is 202 g/mol. The first-order valence-corrected chi connectivity index (χ1v) is 4.56. The van der Waals surface area contributed by atoms with Gasteiger partial charge >= 0.3 is 0 Å². The summed E-state index contributed by atoms with van der Waals surface area (Å²) in [6, 6.07) is 5.52. The van der Waals surface area contributed by atoms with Crippen molar-refractivity contribution in [1.82, 2.24) is 0 Å². The zero-order chi connectivity index (χ0) is 11.3. The molecule has 1 radical (unpaired) electrons. The summed E-state index contributed by atoms with van der Waals surface area (Å²) in [5.41, 5.74) is 2.65. The van der Waals surface area contributed by atoms with Crippen molar-refractivity contribution in [3.05, 3.63) is 35.4 Å². The third kappa shape index (κ3) is 3.38. The quantitative estimate of drug-likeness (QED) is 0.763. The highest BCUT2D eigenvalue weighted by atomic mass is 16.1. The van der Waals surface area contributed by atoms with Crippen molar-refractivity contribution in [1.29, 1.82) is 0 Å². The van der Waals surface area contributed by atoms with Gasteiger partial charge in [-0.3, -0.25) is 9.59 Å². The molecule has 0 fully saturated rings. The summed E-state index contributed by atoms with van der Waals surface area (Å²) in [7, 11) is 0. The molecule has 0 aliphatic heterocycles. The second-order valence-electron chi connectivity index (χ2n) is 3.21. The number of carbonyl (C=O) groups is 1. The number of amides is 1. The van der Waals surface area contributed by atoms with Crippen LogP contribution in [-0.2, 0) is 9.59 Å². The van der Waals surface area contributed by atoms with Crippen molar-refractivity contribution in [2.75, 3.05) is 5.32 Å². The molecular weight excluding hydrogens is 190 g/mol. The van der Waals surface area contributed by atoms with Crippen LogP contribution in [0.5, 0.6) is 0 Å². The lowest BCUT2D eigenvalue weighted by Crippen LogP contribution is -2.06. The fourth-order valence-corrected chi connectivity index (χ4v) is 1.25. The summed E-state index contributed by atoms with van der Waals surface area (Å²) >= 11 is 0. The Morgan fingerprint density at radius 1 is 1.47 bits per heavy atom. The molecule has 1 amide bonds. The van der Waals surface area contributed by atoms with Gasteiger partial charge < -0.3 is 5.32 Å². The molecule has 3 heteroatoms. The van der Waals surface area contributed by atoms with E-state index in [0.29, 0.717) is 0 Å². The SMILES string of the molecule is CC(=O)Nc1ccc(C=C[C]=O)cc1C. The van der Waals surface area contributed by atoms with Crippen molar-refractivity contribution in [2.24, 2.45) is 0 Å². The molecule has 1 aromatic rings. The molecule has 1 aromatic carbocycles. The number of benzene rings is 1. The maximum atomic E-state index is 10.8. The largest absolute Gasteiger partial charge is 0.326 e. The molecule has 0 spiro atoms. The second kappa shape index (κ2) is 5.10. The van der Waals surface area contributed by atoms with E-state index in [2.05, 4.69) is 5.32 Å². The second-order valence-corrected chi connectivity index (χ2v) is 3.21. The Hall–Kier alpha value is -1.90. The topological polar surface area (TPSA) is 46.2 Å². The summed E-state index contributed by atoms with van der Waals surface area (Å²) in [6.45, 7) is 3.36. The highest BCUT2D eigenvalue weighted by Gasteiger charge is 1.99. The first kappa shape index (κ1) is 11.2. The van der Waals surface area contributed by atoms with Crippen molar-refractivity contribution < 1.29 is 9.59 Å². The van der Waals surface area contributed by atoms with Gasteiger partial charge in [0.05, 0.1) is 0 Å². The standard InChI is InChI=1S/C12H12NO2/c1-9-8-11(4-3-7-14)5-6-12(9)13-10(2)15/h3-6,8H,1-2H3,(H,13,15). The Morgan fingerprint density at radius 3 is 2.73 bits per heavy atom. The minimum atomic E-state index is -0.0948. The Bertz CT molecular complexity index is 408. The van der Waals surface area contributed by atoms with Crippen LogP contribution < -0.4 is 5.32 Å². The number of anilines is 1. The maximum absolute atomic E-state index is 10.8. The molecular formula is C12H12NO2. The van der Waals surface area contributed by atoms with E-state index in [4.69, 9.17) is 0 Å². The van der Waals surface area contributed by atoms with Crippen molar-refractivity contribution in [3.8, 4) is 0 Å². The van der Waals surface area contributed by atoms with Gasteiger partial charge in [-0.05, 0) is 36.3 Å². The summed E-state index contributed by atoms with van der Waals surface area (Å²) in [5, 5.41) is 2.72. The molecule has 0 aromatic heterocycles. The van der Waals surface area contributed by atoms with Gasteiger partial charge in [0.2, 0.25) is 12.2 Å². The van der Waals surface area contributed by atoms with E-state index in [1.165, 1.54) is 13.0 Å². The van der Waals surface area contributed by atoms with Gasteiger partial charge in [0.15, 0.2) is 0 Å². The van der Waals surface area contributed by atoms with Crippen LogP contribution in [0.15, 0.2) is 24.3 Å². The summed E-state index contributed by atoms with van der Waals surface area (Å²) < 4.78 is 0. The normalized spacial score (nSPS) is 10.3. The monoisotopic (exact) mass is 202 g/mol. The van der Waals surface area contributed by atoms with Gasteiger partial charge in [-0.15, -0.1) is 0 Å². The zero-order valence-electron chi connectivity index (χ0n) is 8.70. The van der Waals surface area contributed by atoms with E-state index < -0.39 is 0 Å². The predicted octanol–water partition coefficient (Wildman–Crippen LogP) is 2.08. The zero-order valence-corrected chi connectivity index (χ0v) is 8.70. The van der Waals surface area contributed by atoms with Crippen LogP contribution in [0.25, 0.3) is 6.08 Å². The van der Waals surface area contributed by atoms with Gasteiger partial charge in [0, 0.05) is 12.6 Å². The Morgan fingerprint density at radius 2 is 2.20 bits per heavy atom. The number of allylic oxidation sites excluding steroid dienone is 1. The lowest BCUT2D eigenvalue weighted by Gasteiger charge is -2.06. The van der Waals surface area contributed by atoms with Crippen LogP contribution in [0.2, 0.25) is 0 Å². The van der Waals surface area contributed by atoms with E-state index in [1.54, 1.807) is 18.4 Å². The van der Waals surface area contributed by atoms with Crippen molar-refractivity contribution >= 4 is 24.0 Å². The molecule has 0 bridgehead atoms. The van der Waals surface area contributed by atoms with Crippen LogP contribution in [0.4, 0.5) is 5.69 Å². The number of carbonyl (C=O) groups excluding carboxylic acids is 2. The molecule has 1 rings (SSSR count). The van der Waals surface area contributed by atoms with Crippen molar-refractivity contribution in [2.45, 2.75) is 13.8 Å². The molecule has 0 unspecified atom stereocenters. The maximum Gasteiger partial charge on any atom is 0.225 e. The van der Waals surface area contributed by atoms with Crippen LogP contribution in [-0.4, -0.2) is 12.2 Å². The van der Waals surface area contributed by atoms with Gasteiger partial charge in [0.25, 0.3) is 0 Å². The molecule has 77 valence electrons. The van der Waals surface area contributed by atoms with E-state index in [-0.39, 0.29) is 5.91 Å². The molecule has 15 heavy (non-hydrogen) atoms. The highest BCUT2D eigenvalue weighted by Crippen LogP contribution is 2.17. The van der Waals surface area contributed by atoms with Gasteiger partial charge in [-0.1, -0.05) is 12.1 Å². The van der Waals surface area contributed by atoms with Gasteiger partial charge in [-0.2, -0.15) is 0 Å². The number of aryl methyl sites for hydroxylation is 1. The van der Waals surface area contributed by atoms with Gasteiger partial charge in [0.1, 0.15) is 0 Å². The van der Waals surface area contributed by atoms with E-state index in [1.807, 2.05) is 19.1 Å². The Balaban J connectivity index is 2.92. The van der Waals surface area contributed by atoms with E-state index >= 15 is 0 Å². The molecule has 0 atom stereocenters. The van der Waals surface area contributed by atoms with E-state index in [0.717, 1.165) is 16.8 Å². The lowest BCUT2D eigenvalue weighted by molar-refractivity contribution is -0.114. The fourth-order valence-electron chi connectivity index (χ4n) is 1.25. The number of hydrogen-bond acceptors (Lipinski definition) is 2. The van der Waals surface area contributed by atoms with Crippen LogP contribution in [0.1, 0.15) is 18.1 Å². The molecule has 0 saturated carbocycles. The Labute approximate surface area is 88.8 Å². The molecule has 0 aliphatic carbocycles. The molecule has 0 heterocycles. The third-order valence-electron chi connectivity index (χ3n) is 1.90. The average Bonchev–Trinajstić information content (AvgIpc) is 2.18. The summed E-state index contributed by atoms with van der Waals surface area (Å²) in [5.74, 6) is -0.0948. The number of rotatable bonds is 3. The van der Waals surface area contributed by atoms with Crippen LogP contribution in [0.3, 0.4) is 0 Å². The Kier molecular flexibility index (Phi) is 3.80. The lowest BCUT2D eigenvalue weighted by atomic mass is 10.1. The minimum Gasteiger partial charge on any atom is -0.326 e. The van der Waals surface area contributed by atoms with Crippen LogP contribution >= 0.6 is 0 Å². The van der Waals surface area contributed by atoms with Crippen LogP contribution in [0, 0.1) is 6.92 Å². The fraction of sp³-hybridized carbons (Fsp3) is 0.167. The molecule has 3 nitrogen and oxygen atoms in total. The molecule has 0 saturated heterocycles. The smallest absolute Gasteiger partial charge is 0.225 e. The predicted molar refractivity (Wildman–Crippen MR) is 60.2 cm³/mol. The summed E-state index contributed by atoms with van der Waals surface area (Å²) in [4.78, 5) is 20.9. The first-order chi connectivity index (χ1) is 7.13. The van der Waals surface area contributed by atoms with Crippen molar-refractivity contribution in [3.63, 3.8) is 0 Å². The number of hydrogen-bond donors (Lipinski definition) is 1. The highest BCUT2D eigenvalue weighted by molar-refractivity contribution is 5.89. The summed E-state index contributed by atoms with van der Waals surface area (Å²) in [6.07, 6.45) is 4.66. The molecule has 0 aliphatic rings. The number of nitrogens with one attached hydrogen (secondary N) is 1. The van der Waals surface area contributed by atoms with E-state index in [9.17, 15) is 9.59 Å². The first-order valence-electron chi connectivity index (χ1n) is 4.56. The van der Waals surface area contributed by atoms with Gasteiger partial charge in [-0.25, -0.2) is 0 Å². The minimum absolute atomic E-state index is 0.0948. The third-order valence-corrected chi connectivity index (χ3v) is 1.90. The molecule has 1 N–H and O–H groups in total.